The van der Waals surface area contributed by atoms with Crippen LogP contribution in [0, 0.1) is 0 Å². The molecule has 0 unspecified atom stereocenters. The van der Waals surface area contributed by atoms with E-state index >= 15 is 0 Å². The predicted molar refractivity (Wildman–Crippen MR) is 50.2 cm³/mol. The predicted octanol–water partition coefficient (Wildman–Crippen LogP) is 1.68. The lowest BCUT2D eigenvalue weighted by Gasteiger charge is -2.09. The number of benzene rings is 1. The molecule has 0 saturated carbocycles. The fourth-order valence-electron chi connectivity index (χ4n) is 1.02. The maximum atomic E-state index is 5.10. The van der Waals surface area contributed by atoms with Gasteiger partial charge in [-0.2, -0.15) is 0 Å². The van der Waals surface area contributed by atoms with Crippen LogP contribution in [0.4, 0.5) is 5.69 Å². The minimum atomic E-state index is 0.671. The molecular formula is C9H13NO3. The monoisotopic (exact) mass is 183 g/mol. The number of methoxy groups -OCH3 is 2. The average Bonchev–Trinajstić information content (AvgIpc) is 2.18. The Balaban J connectivity index is 2.91. The van der Waals surface area contributed by atoms with Crippen LogP contribution in [0.3, 0.4) is 0 Å². The molecule has 0 radical (unpaired) electrons. The van der Waals surface area contributed by atoms with E-state index in [9.17, 15) is 0 Å². The smallest absolute Gasteiger partial charge is 0.162 e. The molecule has 1 N–H and O–H groups in total. The second kappa shape index (κ2) is 4.57. The van der Waals surface area contributed by atoms with E-state index in [1.807, 2.05) is 6.07 Å². The Kier molecular flexibility index (Phi) is 3.40. The van der Waals surface area contributed by atoms with Crippen molar-refractivity contribution in [2.45, 2.75) is 0 Å². The summed E-state index contributed by atoms with van der Waals surface area (Å²) in [6.45, 7) is 0. The second-order valence-corrected chi connectivity index (χ2v) is 2.38. The van der Waals surface area contributed by atoms with Crippen molar-refractivity contribution < 1.29 is 14.3 Å². The molecule has 0 atom stereocenters. The van der Waals surface area contributed by atoms with Crippen LogP contribution in [0.2, 0.25) is 0 Å². The lowest BCUT2D eigenvalue weighted by molar-refractivity contribution is 0.270. The molecule has 0 spiro atoms. The zero-order chi connectivity index (χ0) is 9.68. The SMILES string of the molecule is CONc1ccc(OC)c(OC)c1. The minimum Gasteiger partial charge on any atom is -0.493 e. The van der Waals surface area contributed by atoms with Crippen LogP contribution in [0.25, 0.3) is 0 Å². The highest BCUT2D eigenvalue weighted by Gasteiger charge is 2.03. The van der Waals surface area contributed by atoms with Crippen LogP contribution in [0.15, 0.2) is 18.2 Å². The van der Waals surface area contributed by atoms with E-state index in [0.717, 1.165) is 5.69 Å². The van der Waals surface area contributed by atoms with Crippen molar-refractivity contribution in [3.05, 3.63) is 18.2 Å². The van der Waals surface area contributed by atoms with Crippen LogP contribution in [0.1, 0.15) is 0 Å². The summed E-state index contributed by atoms with van der Waals surface area (Å²) in [4.78, 5) is 4.75. The van der Waals surface area contributed by atoms with Gasteiger partial charge in [0.1, 0.15) is 0 Å². The summed E-state index contributed by atoms with van der Waals surface area (Å²) < 4.78 is 10.2. The van der Waals surface area contributed by atoms with Gasteiger partial charge in [-0.05, 0) is 12.1 Å². The quantitative estimate of drug-likeness (QED) is 0.721. The van der Waals surface area contributed by atoms with Crippen LogP contribution in [-0.2, 0) is 4.84 Å². The van der Waals surface area contributed by atoms with E-state index in [1.54, 1.807) is 33.5 Å². The molecule has 0 aliphatic rings. The Morgan fingerprint density at radius 2 is 1.69 bits per heavy atom. The maximum Gasteiger partial charge on any atom is 0.162 e. The third kappa shape index (κ3) is 2.26. The van der Waals surface area contributed by atoms with Gasteiger partial charge in [-0.1, -0.05) is 0 Å². The molecule has 0 fully saturated rings. The highest BCUT2D eigenvalue weighted by atomic mass is 16.6. The van der Waals surface area contributed by atoms with Gasteiger partial charge in [-0.25, -0.2) is 0 Å². The molecule has 0 aliphatic carbocycles. The lowest BCUT2D eigenvalue weighted by atomic mass is 10.3. The molecule has 0 aromatic heterocycles. The maximum absolute atomic E-state index is 5.10. The fourth-order valence-corrected chi connectivity index (χ4v) is 1.02. The number of rotatable bonds is 4. The van der Waals surface area contributed by atoms with E-state index in [4.69, 9.17) is 14.3 Å². The molecule has 4 heteroatoms. The van der Waals surface area contributed by atoms with E-state index in [-0.39, 0.29) is 0 Å². The van der Waals surface area contributed by atoms with Crippen molar-refractivity contribution in [3.8, 4) is 11.5 Å². The number of anilines is 1. The molecule has 4 nitrogen and oxygen atoms in total. The summed E-state index contributed by atoms with van der Waals surface area (Å²) in [7, 11) is 4.74. The van der Waals surface area contributed by atoms with Gasteiger partial charge in [0.25, 0.3) is 0 Å². The van der Waals surface area contributed by atoms with Crippen molar-refractivity contribution in [2.75, 3.05) is 26.8 Å². The lowest BCUT2D eigenvalue weighted by Crippen LogP contribution is -1.97. The molecule has 1 rings (SSSR count). The molecule has 0 bridgehead atoms. The first-order valence-corrected chi connectivity index (χ1v) is 3.83. The van der Waals surface area contributed by atoms with Gasteiger partial charge in [0.2, 0.25) is 0 Å². The van der Waals surface area contributed by atoms with E-state index in [2.05, 4.69) is 5.48 Å². The molecule has 0 saturated heterocycles. The van der Waals surface area contributed by atoms with Crippen molar-refractivity contribution in [2.24, 2.45) is 0 Å². The molecule has 72 valence electrons. The van der Waals surface area contributed by atoms with E-state index in [0.29, 0.717) is 11.5 Å². The molecule has 13 heavy (non-hydrogen) atoms. The number of ether oxygens (including phenoxy) is 2. The van der Waals surface area contributed by atoms with Crippen LogP contribution in [0.5, 0.6) is 11.5 Å². The molecule has 0 amide bonds. The zero-order valence-corrected chi connectivity index (χ0v) is 7.96. The summed E-state index contributed by atoms with van der Waals surface area (Å²) >= 11 is 0. The van der Waals surface area contributed by atoms with Gasteiger partial charge in [0, 0.05) is 6.07 Å². The molecule has 1 aromatic rings. The number of nitrogens with one attached hydrogen (secondary N) is 1. The number of hydrogen-bond donors (Lipinski definition) is 1. The van der Waals surface area contributed by atoms with Crippen molar-refractivity contribution in [1.82, 2.24) is 0 Å². The molecule has 0 aliphatic heterocycles. The van der Waals surface area contributed by atoms with E-state index in [1.165, 1.54) is 0 Å². The average molecular weight is 183 g/mol. The fraction of sp³-hybridized carbons (Fsp3) is 0.333. The molecular weight excluding hydrogens is 170 g/mol. The van der Waals surface area contributed by atoms with Crippen molar-refractivity contribution in [1.29, 1.82) is 0 Å². The van der Waals surface area contributed by atoms with Gasteiger partial charge < -0.3 is 9.47 Å². The van der Waals surface area contributed by atoms with Gasteiger partial charge >= 0.3 is 0 Å². The summed E-state index contributed by atoms with van der Waals surface area (Å²) in [5.74, 6) is 1.37. The largest absolute Gasteiger partial charge is 0.493 e. The highest BCUT2D eigenvalue weighted by Crippen LogP contribution is 2.29. The molecule has 0 heterocycles. The van der Waals surface area contributed by atoms with Crippen LogP contribution >= 0.6 is 0 Å². The van der Waals surface area contributed by atoms with Gasteiger partial charge in [0.05, 0.1) is 27.0 Å². The topological polar surface area (TPSA) is 39.7 Å². The molecule has 1 aromatic carbocycles. The number of hydrogen-bond acceptors (Lipinski definition) is 4. The van der Waals surface area contributed by atoms with Gasteiger partial charge in [-0.3, -0.25) is 10.3 Å². The third-order valence-electron chi connectivity index (χ3n) is 1.60. The Morgan fingerprint density at radius 3 is 2.23 bits per heavy atom. The highest BCUT2D eigenvalue weighted by molar-refractivity contribution is 5.53. The Hall–Kier alpha value is -1.42. The Bertz CT molecular complexity index is 276. The van der Waals surface area contributed by atoms with Gasteiger partial charge in [0.15, 0.2) is 11.5 Å². The summed E-state index contributed by atoms with van der Waals surface area (Å²) in [5, 5.41) is 0. The van der Waals surface area contributed by atoms with Crippen molar-refractivity contribution in [3.63, 3.8) is 0 Å². The first kappa shape index (κ1) is 9.67. The summed E-state index contributed by atoms with van der Waals surface area (Å²) in [5.41, 5.74) is 3.52. The van der Waals surface area contributed by atoms with Crippen molar-refractivity contribution >= 4 is 5.69 Å². The van der Waals surface area contributed by atoms with E-state index < -0.39 is 0 Å². The third-order valence-corrected chi connectivity index (χ3v) is 1.60. The Labute approximate surface area is 77.4 Å². The standard InChI is InChI=1S/C9H13NO3/c1-11-8-5-4-7(10-13-3)6-9(8)12-2/h4-6,10H,1-3H3. The van der Waals surface area contributed by atoms with Gasteiger partial charge in [-0.15, -0.1) is 0 Å². The zero-order valence-electron chi connectivity index (χ0n) is 7.96. The Morgan fingerprint density at radius 1 is 1.00 bits per heavy atom. The second-order valence-electron chi connectivity index (χ2n) is 2.38. The first-order chi connectivity index (χ1) is 6.31. The summed E-state index contributed by atoms with van der Waals surface area (Å²) in [6.07, 6.45) is 0. The normalized spacial score (nSPS) is 9.46. The van der Waals surface area contributed by atoms with Crippen LogP contribution in [-0.4, -0.2) is 21.3 Å². The summed E-state index contributed by atoms with van der Waals surface area (Å²) in [6, 6.07) is 5.44. The first-order valence-electron chi connectivity index (χ1n) is 3.83. The minimum absolute atomic E-state index is 0.671. The van der Waals surface area contributed by atoms with Crippen LogP contribution < -0.4 is 15.0 Å².